The predicted octanol–water partition coefficient (Wildman–Crippen LogP) is 0.287. The second-order valence-corrected chi connectivity index (χ2v) is 5.89. The molecule has 1 aromatic heterocycles. The first-order valence-electron chi connectivity index (χ1n) is 7.46. The van der Waals surface area contributed by atoms with Crippen molar-refractivity contribution in [1.82, 2.24) is 9.13 Å². The predicted molar refractivity (Wildman–Crippen MR) is 84.6 cm³/mol. The zero-order valence-corrected chi connectivity index (χ0v) is 13.2. The Morgan fingerprint density at radius 1 is 1.08 bits per heavy atom. The Morgan fingerprint density at radius 2 is 1.83 bits per heavy atom. The number of fused-ring (bicyclic) bond motifs is 2. The fourth-order valence-electron chi connectivity index (χ4n) is 3.22. The molecule has 1 N–H and O–H groups in total. The minimum atomic E-state index is -0.481. The number of nitrogens with zero attached hydrogens (tertiary/aromatic N) is 2. The molecule has 1 aromatic carbocycles. The summed E-state index contributed by atoms with van der Waals surface area (Å²) in [6, 6.07) is 5.35. The van der Waals surface area contributed by atoms with Crippen LogP contribution in [-0.2, 0) is 18.9 Å². The van der Waals surface area contributed by atoms with E-state index in [0.29, 0.717) is 17.1 Å². The van der Waals surface area contributed by atoms with Gasteiger partial charge in [-0.2, -0.15) is 0 Å². The Kier molecular flexibility index (Phi) is 3.02. The first-order valence-corrected chi connectivity index (χ1v) is 7.46. The van der Waals surface area contributed by atoms with Gasteiger partial charge in [-0.1, -0.05) is 6.07 Å². The van der Waals surface area contributed by atoms with Crippen molar-refractivity contribution >= 4 is 11.7 Å². The fourth-order valence-corrected chi connectivity index (χ4v) is 3.22. The van der Waals surface area contributed by atoms with Gasteiger partial charge in [0.1, 0.15) is 5.82 Å². The number of benzene rings is 1. The van der Waals surface area contributed by atoms with Crippen molar-refractivity contribution in [3.63, 3.8) is 0 Å². The summed E-state index contributed by atoms with van der Waals surface area (Å²) in [6.45, 7) is 0.150. The molecule has 0 aliphatic carbocycles. The highest BCUT2D eigenvalue weighted by Gasteiger charge is 2.33. The SMILES string of the molecule is Cn1c2c(c(=O)n(C)c1=O)[C@H](c1ccc3c(c1)OCO3)CC(=O)N2. The summed E-state index contributed by atoms with van der Waals surface area (Å²) in [5.41, 5.74) is 0.283. The normalized spacial score (nSPS) is 18.2. The minimum Gasteiger partial charge on any atom is -0.454 e. The van der Waals surface area contributed by atoms with E-state index in [1.165, 1.54) is 18.7 Å². The van der Waals surface area contributed by atoms with E-state index in [0.717, 1.165) is 10.1 Å². The lowest BCUT2D eigenvalue weighted by atomic mass is 9.86. The van der Waals surface area contributed by atoms with Gasteiger partial charge in [-0.3, -0.25) is 18.7 Å². The first kappa shape index (κ1) is 14.6. The molecule has 0 unspecified atom stereocenters. The molecule has 0 spiro atoms. The maximum absolute atomic E-state index is 12.7. The molecule has 3 heterocycles. The van der Waals surface area contributed by atoms with Crippen LogP contribution < -0.4 is 26.0 Å². The van der Waals surface area contributed by atoms with Gasteiger partial charge in [-0.15, -0.1) is 0 Å². The third-order valence-corrected chi connectivity index (χ3v) is 4.49. The van der Waals surface area contributed by atoms with Crippen molar-refractivity contribution < 1.29 is 14.3 Å². The van der Waals surface area contributed by atoms with Crippen LogP contribution in [0.4, 0.5) is 5.82 Å². The van der Waals surface area contributed by atoms with E-state index in [2.05, 4.69) is 5.32 Å². The number of carbonyl (C=O) groups is 1. The molecule has 2 aliphatic heterocycles. The van der Waals surface area contributed by atoms with E-state index < -0.39 is 17.2 Å². The smallest absolute Gasteiger partial charge is 0.332 e. The van der Waals surface area contributed by atoms with Crippen molar-refractivity contribution in [3.05, 3.63) is 50.2 Å². The van der Waals surface area contributed by atoms with Gasteiger partial charge in [0.2, 0.25) is 12.7 Å². The van der Waals surface area contributed by atoms with Crippen molar-refractivity contribution in [2.45, 2.75) is 12.3 Å². The fraction of sp³-hybridized carbons (Fsp3) is 0.312. The molecule has 0 radical (unpaired) electrons. The van der Waals surface area contributed by atoms with Gasteiger partial charge >= 0.3 is 5.69 Å². The number of nitrogens with one attached hydrogen (secondary N) is 1. The molecule has 1 atom stereocenters. The van der Waals surface area contributed by atoms with Gasteiger partial charge in [-0.25, -0.2) is 4.79 Å². The number of rotatable bonds is 1. The highest BCUT2D eigenvalue weighted by atomic mass is 16.7. The number of ether oxygens (including phenoxy) is 2. The highest BCUT2D eigenvalue weighted by Crippen LogP contribution is 2.39. The van der Waals surface area contributed by atoms with Crippen LogP contribution >= 0.6 is 0 Å². The average molecular weight is 329 g/mol. The third-order valence-electron chi connectivity index (χ3n) is 4.49. The Morgan fingerprint density at radius 3 is 2.62 bits per heavy atom. The van der Waals surface area contributed by atoms with E-state index >= 15 is 0 Å². The Bertz CT molecular complexity index is 988. The van der Waals surface area contributed by atoms with Crippen LogP contribution in [0.15, 0.2) is 27.8 Å². The van der Waals surface area contributed by atoms with Gasteiger partial charge in [0.15, 0.2) is 11.5 Å². The molecule has 0 fully saturated rings. The number of hydrogen-bond acceptors (Lipinski definition) is 5. The zero-order chi connectivity index (χ0) is 17.0. The zero-order valence-electron chi connectivity index (χ0n) is 13.2. The highest BCUT2D eigenvalue weighted by molar-refractivity contribution is 5.94. The molecule has 4 rings (SSSR count). The van der Waals surface area contributed by atoms with Crippen molar-refractivity contribution in [2.24, 2.45) is 14.1 Å². The summed E-state index contributed by atoms with van der Waals surface area (Å²) in [5, 5.41) is 2.64. The van der Waals surface area contributed by atoms with Crippen LogP contribution in [0.2, 0.25) is 0 Å². The molecule has 2 aliphatic rings. The lowest BCUT2D eigenvalue weighted by Crippen LogP contribution is -2.44. The van der Waals surface area contributed by atoms with Crippen LogP contribution in [0.5, 0.6) is 11.5 Å². The van der Waals surface area contributed by atoms with E-state index in [-0.39, 0.29) is 24.9 Å². The lowest BCUT2D eigenvalue weighted by molar-refractivity contribution is -0.116. The quantitative estimate of drug-likeness (QED) is 0.812. The molecule has 0 saturated carbocycles. The summed E-state index contributed by atoms with van der Waals surface area (Å²) in [5.74, 6) is 0.776. The molecule has 1 amide bonds. The van der Waals surface area contributed by atoms with Gasteiger partial charge in [0.05, 0.1) is 5.56 Å². The summed E-state index contributed by atoms with van der Waals surface area (Å²) in [7, 11) is 2.96. The van der Waals surface area contributed by atoms with E-state index in [9.17, 15) is 14.4 Å². The van der Waals surface area contributed by atoms with E-state index in [4.69, 9.17) is 9.47 Å². The molecular formula is C16H15N3O5. The van der Waals surface area contributed by atoms with Gasteiger partial charge in [-0.05, 0) is 17.7 Å². The average Bonchev–Trinajstić information content (AvgIpc) is 3.04. The van der Waals surface area contributed by atoms with Crippen LogP contribution in [0.3, 0.4) is 0 Å². The molecule has 124 valence electrons. The second-order valence-electron chi connectivity index (χ2n) is 5.89. The van der Waals surface area contributed by atoms with Gasteiger partial charge in [0.25, 0.3) is 5.56 Å². The number of hydrogen-bond donors (Lipinski definition) is 1. The monoisotopic (exact) mass is 329 g/mol. The van der Waals surface area contributed by atoms with Crippen molar-refractivity contribution in [2.75, 3.05) is 12.1 Å². The minimum absolute atomic E-state index is 0.125. The standard InChI is InChI=1S/C16H15N3O5/c1-18-14-13(15(21)19(2)16(18)22)9(6-12(20)17-14)8-3-4-10-11(5-8)24-7-23-10/h3-5,9H,6-7H2,1-2H3,(H,17,20)/t9-/m0/s1. The topological polar surface area (TPSA) is 91.6 Å². The van der Waals surface area contributed by atoms with Gasteiger partial charge in [0, 0.05) is 26.4 Å². The number of amides is 1. The second kappa shape index (κ2) is 4.98. The van der Waals surface area contributed by atoms with E-state index in [1.807, 2.05) is 6.07 Å². The van der Waals surface area contributed by atoms with Crippen LogP contribution in [0, 0.1) is 0 Å². The number of carbonyl (C=O) groups excluding carboxylic acids is 1. The summed E-state index contributed by atoms with van der Waals surface area (Å²) < 4.78 is 13.0. The third kappa shape index (κ3) is 1.96. The molecule has 24 heavy (non-hydrogen) atoms. The lowest BCUT2D eigenvalue weighted by Gasteiger charge is -2.27. The Balaban J connectivity index is 1.95. The van der Waals surface area contributed by atoms with Crippen LogP contribution in [-0.4, -0.2) is 21.8 Å². The van der Waals surface area contributed by atoms with Gasteiger partial charge < -0.3 is 14.8 Å². The largest absolute Gasteiger partial charge is 0.454 e. The summed E-state index contributed by atoms with van der Waals surface area (Å²) in [4.78, 5) is 36.9. The summed E-state index contributed by atoms with van der Waals surface area (Å²) in [6.07, 6.45) is 0.125. The first-order chi connectivity index (χ1) is 11.5. The molecule has 0 saturated heterocycles. The molecule has 0 bridgehead atoms. The van der Waals surface area contributed by atoms with Crippen LogP contribution in [0.25, 0.3) is 0 Å². The molecular weight excluding hydrogens is 314 g/mol. The molecule has 8 nitrogen and oxygen atoms in total. The summed E-state index contributed by atoms with van der Waals surface area (Å²) >= 11 is 0. The van der Waals surface area contributed by atoms with Crippen molar-refractivity contribution in [1.29, 1.82) is 0 Å². The maximum Gasteiger partial charge on any atom is 0.332 e. The van der Waals surface area contributed by atoms with Crippen molar-refractivity contribution in [3.8, 4) is 11.5 Å². The van der Waals surface area contributed by atoms with E-state index in [1.54, 1.807) is 12.1 Å². The number of anilines is 1. The Hall–Kier alpha value is -3.03. The maximum atomic E-state index is 12.7. The Labute approximate surface area is 136 Å². The molecule has 8 heteroatoms. The van der Waals surface area contributed by atoms with Crippen LogP contribution in [0.1, 0.15) is 23.5 Å². The number of aromatic nitrogens is 2. The molecule has 2 aromatic rings.